The highest BCUT2D eigenvalue weighted by atomic mass is 32.1. The van der Waals surface area contributed by atoms with Crippen LogP contribution < -0.4 is 10.6 Å². The molecule has 0 saturated heterocycles. The monoisotopic (exact) mass is 225 g/mol. The lowest BCUT2D eigenvalue weighted by molar-refractivity contribution is 0.913. The minimum atomic E-state index is 0.595. The van der Waals surface area contributed by atoms with Gasteiger partial charge in [0.2, 0.25) is 0 Å². The maximum Gasteiger partial charge on any atom is 0.188 e. The van der Waals surface area contributed by atoms with Crippen LogP contribution >= 0.6 is 23.6 Å². The van der Waals surface area contributed by atoms with Crippen LogP contribution in [0.4, 0.5) is 5.13 Å². The van der Waals surface area contributed by atoms with Crippen LogP contribution in [0.25, 0.3) is 0 Å². The van der Waals surface area contributed by atoms with Crippen molar-refractivity contribution >= 4 is 33.8 Å². The smallest absolute Gasteiger partial charge is 0.188 e. The molecule has 0 aromatic carbocycles. The van der Waals surface area contributed by atoms with Gasteiger partial charge >= 0.3 is 0 Å². The van der Waals surface area contributed by atoms with Crippen LogP contribution in [0, 0.1) is 11.8 Å². The average molecular weight is 225 g/mol. The van der Waals surface area contributed by atoms with Crippen molar-refractivity contribution in [2.24, 2.45) is 0 Å². The first-order valence-corrected chi connectivity index (χ1v) is 5.45. The van der Waals surface area contributed by atoms with Gasteiger partial charge in [0.15, 0.2) is 10.2 Å². The molecule has 74 valence electrons. The first-order valence-electron chi connectivity index (χ1n) is 4.17. The van der Waals surface area contributed by atoms with E-state index in [0.717, 1.165) is 18.1 Å². The average Bonchev–Trinajstić information content (AvgIpc) is 2.65. The molecule has 3 nitrogen and oxygen atoms in total. The number of thiocarbonyl (C=S) groups is 1. The Morgan fingerprint density at radius 1 is 1.71 bits per heavy atom. The van der Waals surface area contributed by atoms with Crippen LogP contribution in [0.1, 0.15) is 13.3 Å². The van der Waals surface area contributed by atoms with E-state index < -0.39 is 0 Å². The number of hydrogen-bond donors (Lipinski definition) is 2. The predicted octanol–water partition coefficient (Wildman–Crippen LogP) is 1.84. The third-order valence-corrected chi connectivity index (χ3v) is 2.30. The molecule has 1 heterocycles. The molecule has 1 aromatic heterocycles. The molecule has 0 amide bonds. The van der Waals surface area contributed by atoms with Crippen LogP contribution in [0.2, 0.25) is 0 Å². The highest BCUT2D eigenvalue weighted by molar-refractivity contribution is 7.80. The standard InChI is InChI=1S/C9H11N3S2/c1-2-3-4-5-10-8(13)12-9-11-6-7-14-9/h6-7H,4-5H2,1H3,(H2,10,11,12,13). The van der Waals surface area contributed by atoms with Crippen LogP contribution in [-0.4, -0.2) is 16.6 Å². The van der Waals surface area contributed by atoms with E-state index >= 15 is 0 Å². The van der Waals surface area contributed by atoms with Crippen LogP contribution in [0.3, 0.4) is 0 Å². The fraction of sp³-hybridized carbons (Fsp3) is 0.333. The van der Waals surface area contributed by atoms with Gasteiger partial charge in [-0.1, -0.05) is 0 Å². The summed E-state index contributed by atoms with van der Waals surface area (Å²) < 4.78 is 0. The van der Waals surface area contributed by atoms with Gasteiger partial charge in [0.25, 0.3) is 0 Å². The van der Waals surface area contributed by atoms with Crippen molar-refractivity contribution in [2.45, 2.75) is 13.3 Å². The zero-order valence-electron chi connectivity index (χ0n) is 7.83. The topological polar surface area (TPSA) is 37.0 Å². The summed E-state index contributed by atoms with van der Waals surface area (Å²) in [6.07, 6.45) is 2.54. The van der Waals surface area contributed by atoms with E-state index in [-0.39, 0.29) is 0 Å². The molecule has 2 N–H and O–H groups in total. The number of hydrogen-bond acceptors (Lipinski definition) is 3. The van der Waals surface area contributed by atoms with Gasteiger partial charge in [-0.2, -0.15) is 0 Å². The van der Waals surface area contributed by atoms with Crippen molar-refractivity contribution < 1.29 is 0 Å². The molecule has 14 heavy (non-hydrogen) atoms. The van der Waals surface area contributed by atoms with E-state index in [1.54, 1.807) is 6.20 Å². The quantitative estimate of drug-likeness (QED) is 0.467. The van der Waals surface area contributed by atoms with Crippen molar-refractivity contribution in [3.05, 3.63) is 11.6 Å². The highest BCUT2D eigenvalue weighted by Gasteiger charge is 1.97. The molecule has 0 atom stereocenters. The molecule has 0 aliphatic carbocycles. The molecular weight excluding hydrogens is 214 g/mol. The molecule has 0 radical (unpaired) electrons. The second-order valence-corrected chi connectivity index (χ2v) is 3.70. The van der Waals surface area contributed by atoms with E-state index in [2.05, 4.69) is 27.5 Å². The molecule has 0 spiro atoms. The fourth-order valence-corrected chi connectivity index (χ4v) is 1.59. The summed E-state index contributed by atoms with van der Waals surface area (Å²) in [5.41, 5.74) is 0. The molecule has 0 saturated carbocycles. The van der Waals surface area contributed by atoms with Crippen molar-refractivity contribution in [3.8, 4) is 11.8 Å². The zero-order valence-corrected chi connectivity index (χ0v) is 9.47. The Bertz CT molecular complexity index is 335. The van der Waals surface area contributed by atoms with Crippen LogP contribution in [0.15, 0.2) is 11.6 Å². The van der Waals surface area contributed by atoms with E-state index in [9.17, 15) is 0 Å². The van der Waals surface area contributed by atoms with Crippen LogP contribution in [0.5, 0.6) is 0 Å². The minimum Gasteiger partial charge on any atom is -0.361 e. The predicted molar refractivity (Wildman–Crippen MR) is 64.4 cm³/mol. The molecule has 5 heteroatoms. The summed E-state index contributed by atoms with van der Waals surface area (Å²) in [4.78, 5) is 4.05. The third kappa shape index (κ3) is 4.21. The summed E-state index contributed by atoms with van der Waals surface area (Å²) >= 11 is 6.57. The molecular formula is C9H11N3S2. The van der Waals surface area contributed by atoms with Crippen molar-refractivity contribution in [1.82, 2.24) is 10.3 Å². The lowest BCUT2D eigenvalue weighted by atomic mass is 10.4. The second kappa shape index (κ2) is 6.35. The lowest BCUT2D eigenvalue weighted by Crippen LogP contribution is -2.28. The van der Waals surface area contributed by atoms with Crippen molar-refractivity contribution in [2.75, 3.05) is 11.9 Å². The van der Waals surface area contributed by atoms with Gasteiger partial charge in [0.1, 0.15) is 0 Å². The lowest BCUT2D eigenvalue weighted by Gasteiger charge is -2.05. The van der Waals surface area contributed by atoms with E-state index in [1.165, 1.54) is 11.3 Å². The number of nitrogens with one attached hydrogen (secondary N) is 2. The molecule has 0 fully saturated rings. The molecule has 1 rings (SSSR count). The van der Waals surface area contributed by atoms with Gasteiger partial charge in [-0.25, -0.2) is 4.98 Å². The van der Waals surface area contributed by atoms with E-state index in [1.807, 2.05) is 12.3 Å². The molecule has 0 unspecified atom stereocenters. The molecule has 1 aromatic rings. The number of thiazole rings is 1. The Kier molecular flexibility index (Phi) is 4.97. The van der Waals surface area contributed by atoms with E-state index in [4.69, 9.17) is 12.2 Å². The van der Waals surface area contributed by atoms with Crippen molar-refractivity contribution in [1.29, 1.82) is 0 Å². The minimum absolute atomic E-state index is 0.595. The Morgan fingerprint density at radius 2 is 2.57 bits per heavy atom. The summed E-state index contributed by atoms with van der Waals surface area (Å²) in [6, 6.07) is 0. The van der Waals surface area contributed by atoms with Crippen molar-refractivity contribution in [3.63, 3.8) is 0 Å². The summed E-state index contributed by atoms with van der Waals surface area (Å²) in [5, 5.41) is 9.32. The Morgan fingerprint density at radius 3 is 3.21 bits per heavy atom. The largest absolute Gasteiger partial charge is 0.361 e. The first-order chi connectivity index (χ1) is 6.83. The second-order valence-electron chi connectivity index (χ2n) is 2.39. The molecule has 0 aliphatic rings. The number of nitrogens with zero attached hydrogens (tertiary/aromatic N) is 1. The van der Waals surface area contributed by atoms with Crippen LogP contribution in [-0.2, 0) is 0 Å². The molecule has 0 aliphatic heterocycles. The maximum absolute atomic E-state index is 5.05. The Labute approximate surface area is 92.9 Å². The number of rotatable bonds is 3. The maximum atomic E-state index is 5.05. The van der Waals surface area contributed by atoms with Gasteiger partial charge < -0.3 is 10.6 Å². The molecule has 0 bridgehead atoms. The third-order valence-electron chi connectivity index (χ3n) is 1.37. The van der Waals surface area contributed by atoms with Gasteiger partial charge in [0.05, 0.1) is 0 Å². The first kappa shape index (κ1) is 11.0. The summed E-state index contributed by atoms with van der Waals surface area (Å²) in [6.45, 7) is 2.59. The van der Waals surface area contributed by atoms with Gasteiger partial charge in [-0.05, 0) is 19.1 Å². The summed E-state index contributed by atoms with van der Waals surface area (Å²) in [7, 11) is 0. The number of aromatic nitrogens is 1. The zero-order chi connectivity index (χ0) is 10.2. The van der Waals surface area contributed by atoms with Gasteiger partial charge in [-0.15, -0.1) is 23.2 Å². The Hall–Kier alpha value is -1.12. The van der Waals surface area contributed by atoms with Gasteiger partial charge in [-0.3, -0.25) is 0 Å². The summed E-state index contributed by atoms with van der Waals surface area (Å²) in [5.74, 6) is 5.77. The highest BCUT2D eigenvalue weighted by Crippen LogP contribution is 2.09. The van der Waals surface area contributed by atoms with E-state index in [0.29, 0.717) is 5.11 Å². The number of anilines is 1. The van der Waals surface area contributed by atoms with Gasteiger partial charge in [0, 0.05) is 24.5 Å². The normalized spacial score (nSPS) is 8.64. The SMILES string of the molecule is CC#CCCNC(=S)Nc1nccs1. The Balaban J connectivity index is 2.19. The fourth-order valence-electron chi connectivity index (χ4n) is 0.790.